The highest BCUT2D eigenvalue weighted by molar-refractivity contribution is 7.92. The molecule has 0 bridgehead atoms. The van der Waals surface area contributed by atoms with Crippen LogP contribution < -0.4 is 0 Å². The molecule has 102 valence electrons. The molecule has 0 aliphatic carbocycles. The predicted molar refractivity (Wildman–Crippen MR) is 55.1 cm³/mol. The predicted octanol–water partition coefficient (Wildman–Crippen LogP) is 1.55. The van der Waals surface area contributed by atoms with Crippen molar-refractivity contribution in [2.45, 2.75) is 26.4 Å². The molecule has 0 atom stereocenters. The van der Waals surface area contributed by atoms with Crippen LogP contribution in [0.2, 0.25) is 0 Å². The summed E-state index contributed by atoms with van der Waals surface area (Å²) >= 11 is 0. The van der Waals surface area contributed by atoms with Gasteiger partial charge in [-0.15, -0.1) is 0 Å². The SMILES string of the molecule is CC(C)COC(=O)CS(=O)(=O)CCC(F)(F)F. The van der Waals surface area contributed by atoms with Crippen LogP contribution in [0.25, 0.3) is 0 Å². The van der Waals surface area contributed by atoms with Gasteiger partial charge in [0.1, 0.15) is 5.75 Å². The number of carbonyl (C=O) groups is 1. The Morgan fingerprint density at radius 1 is 1.29 bits per heavy atom. The standard InChI is InChI=1S/C9H15F3O4S/c1-7(2)5-16-8(13)6-17(14,15)4-3-9(10,11)12/h7H,3-6H2,1-2H3. The normalized spacial score (nSPS) is 12.8. The zero-order chi connectivity index (χ0) is 13.7. The first-order valence-electron chi connectivity index (χ1n) is 4.94. The minimum absolute atomic E-state index is 0.0387. The molecule has 0 amide bonds. The van der Waals surface area contributed by atoms with Gasteiger partial charge >= 0.3 is 12.1 Å². The average Bonchev–Trinajstić information content (AvgIpc) is 2.10. The van der Waals surface area contributed by atoms with Crippen LogP contribution in [0.15, 0.2) is 0 Å². The van der Waals surface area contributed by atoms with Crippen molar-refractivity contribution in [2.24, 2.45) is 5.92 Å². The molecule has 8 heteroatoms. The minimum atomic E-state index is -4.55. The van der Waals surface area contributed by atoms with Crippen molar-refractivity contribution in [2.75, 3.05) is 18.1 Å². The van der Waals surface area contributed by atoms with Crippen LogP contribution in [0, 0.1) is 5.92 Å². The van der Waals surface area contributed by atoms with Gasteiger partial charge in [0.2, 0.25) is 0 Å². The smallest absolute Gasteiger partial charge is 0.390 e. The number of esters is 1. The number of hydrogen-bond acceptors (Lipinski definition) is 4. The second-order valence-electron chi connectivity index (χ2n) is 4.03. The fourth-order valence-electron chi connectivity index (χ4n) is 0.824. The largest absolute Gasteiger partial charge is 0.465 e. The molecule has 0 saturated heterocycles. The Morgan fingerprint density at radius 3 is 2.24 bits per heavy atom. The van der Waals surface area contributed by atoms with Gasteiger partial charge in [-0.3, -0.25) is 4.79 Å². The lowest BCUT2D eigenvalue weighted by molar-refractivity contribution is -0.141. The molecule has 0 radical (unpaired) electrons. The van der Waals surface area contributed by atoms with E-state index in [0.717, 1.165) is 0 Å². The fourth-order valence-corrected chi connectivity index (χ4v) is 1.95. The third kappa shape index (κ3) is 10.1. The summed E-state index contributed by atoms with van der Waals surface area (Å²) in [4.78, 5) is 11.0. The highest BCUT2D eigenvalue weighted by Crippen LogP contribution is 2.20. The number of alkyl halides is 3. The summed E-state index contributed by atoms with van der Waals surface area (Å²) in [5.74, 6) is -3.07. The van der Waals surface area contributed by atoms with Gasteiger partial charge in [0.25, 0.3) is 0 Å². The van der Waals surface area contributed by atoms with Gasteiger partial charge in [-0.2, -0.15) is 13.2 Å². The average molecular weight is 276 g/mol. The first-order chi connectivity index (χ1) is 7.52. The Kier molecular flexibility index (Phi) is 5.94. The molecule has 0 aromatic carbocycles. The van der Waals surface area contributed by atoms with Crippen molar-refractivity contribution in [3.05, 3.63) is 0 Å². The maximum Gasteiger partial charge on any atom is 0.390 e. The molecule has 0 saturated carbocycles. The third-order valence-electron chi connectivity index (χ3n) is 1.61. The minimum Gasteiger partial charge on any atom is -0.465 e. The lowest BCUT2D eigenvalue weighted by Gasteiger charge is -2.08. The monoisotopic (exact) mass is 276 g/mol. The number of hydrogen-bond donors (Lipinski definition) is 0. The van der Waals surface area contributed by atoms with E-state index in [-0.39, 0.29) is 12.5 Å². The molecule has 0 fully saturated rings. The maximum absolute atomic E-state index is 11.8. The van der Waals surface area contributed by atoms with Crippen molar-refractivity contribution < 1.29 is 31.1 Å². The number of rotatable bonds is 6. The van der Waals surface area contributed by atoms with E-state index in [2.05, 4.69) is 4.74 Å². The Hall–Kier alpha value is -0.790. The molecule has 0 unspecified atom stereocenters. The molecule has 0 aliphatic heterocycles. The number of ether oxygens (including phenoxy) is 1. The molecule has 0 heterocycles. The molecule has 0 aromatic rings. The summed E-state index contributed by atoms with van der Waals surface area (Å²) in [5, 5.41) is 0. The number of carbonyl (C=O) groups excluding carboxylic acids is 1. The Labute approximate surface area is 98.1 Å². The van der Waals surface area contributed by atoms with Gasteiger partial charge in [0.05, 0.1) is 18.8 Å². The van der Waals surface area contributed by atoms with E-state index < -0.39 is 39.9 Å². The highest BCUT2D eigenvalue weighted by atomic mass is 32.2. The molecule has 0 aromatic heterocycles. The Balaban J connectivity index is 4.13. The maximum atomic E-state index is 11.8. The van der Waals surface area contributed by atoms with Crippen LogP contribution in [0.5, 0.6) is 0 Å². The van der Waals surface area contributed by atoms with E-state index in [1.165, 1.54) is 0 Å². The van der Waals surface area contributed by atoms with Crippen LogP contribution in [0.3, 0.4) is 0 Å². The van der Waals surface area contributed by atoms with Crippen LogP contribution in [0.1, 0.15) is 20.3 Å². The van der Waals surface area contributed by atoms with Gasteiger partial charge in [-0.1, -0.05) is 13.8 Å². The summed E-state index contributed by atoms with van der Waals surface area (Å²) in [5.41, 5.74) is 0. The van der Waals surface area contributed by atoms with Gasteiger partial charge < -0.3 is 4.74 Å². The summed E-state index contributed by atoms with van der Waals surface area (Å²) in [7, 11) is -4.06. The molecular weight excluding hydrogens is 261 g/mol. The van der Waals surface area contributed by atoms with Crippen LogP contribution in [-0.2, 0) is 19.4 Å². The number of sulfone groups is 1. The van der Waals surface area contributed by atoms with Gasteiger partial charge in [0.15, 0.2) is 9.84 Å². The summed E-state index contributed by atoms with van der Waals surface area (Å²) in [6.45, 7) is 3.56. The van der Waals surface area contributed by atoms with Crippen molar-refractivity contribution in [3.63, 3.8) is 0 Å². The van der Waals surface area contributed by atoms with Crippen LogP contribution in [0.4, 0.5) is 13.2 Å². The second kappa shape index (κ2) is 6.23. The Morgan fingerprint density at radius 2 is 1.82 bits per heavy atom. The zero-order valence-corrected chi connectivity index (χ0v) is 10.4. The van der Waals surface area contributed by atoms with Crippen molar-refractivity contribution in [1.82, 2.24) is 0 Å². The van der Waals surface area contributed by atoms with Crippen LogP contribution in [-0.4, -0.2) is 38.7 Å². The van der Waals surface area contributed by atoms with Crippen molar-refractivity contribution in [3.8, 4) is 0 Å². The molecule has 0 aliphatic rings. The van der Waals surface area contributed by atoms with Gasteiger partial charge in [-0.05, 0) is 5.92 Å². The van der Waals surface area contributed by atoms with Gasteiger partial charge in [-0.25, -0.2) is 8.42 Å². The van der Waals surface area contributed by atoms with E-state index in [9.17, 15) is 26.4 Å². The second-order valence-corrected chi connectivity index (χ2v) is 6.22. The van der Waals surface area contributed by atoms with E-state index in [1.54, 1.807) is 13.8 Å². The molecule has 0 rings (SSSR count). The zero-order valence-electron chi connectivity index (χ0n) is 9.58. The molecule has 0 spiro atoms. The number of halogens is 3. The molecule has 4 nitrogen and oxygen atoms in total. The fraction of sp³-hybridized carbons (Fsp3) is 0.889. The summed E-state index contributed by atoms with van der Waals surface area (Å²) in [6.07, 6.45) is -6.00. The van der Waals surface area contributed by atoms with Crippen molar-refractivity contribution in [1.29, 1.82) is 0 Å². The molecular formula is C9H15F3O4S. The lowest BCUT2D eigenvalue weighted by Crippen LogP contribution is -2.24. The quantitative estimate of drug-likeness (QED) is 0.691. The van der Waals surface area contributed by atoms with E-state index >= 15 is 0 Å². The van der Waals surface area contributed by atoms with Crippen molar-refractivity contribution >= 4 is 15.8 Å². The topological polar surface area (TPSA) is 60.4 Å². The first kappa shape index (κ1) is 16.2. The summed E-state index contributed by atoms with van der Waals surface area (Å²) in [6, 6.07) is 0. The summed E-state index contributed by atoms with van der Waals surface area (Å²) < 4.78 is 62.2. The van der Waals surface area contributed by atoms with E-state index in [0.29, 0.717) is 0 Å². The third-order valence-corrected chi connectivity index (χ3v) is 3.11. The van der Waals surface area contributed by atoms with E-state index in [4.69, 9.17) is 0 Å². The highest BCUT2D eigenvalue weighted by Gasteiger charge is 2.30. The van der Waals surface area contributed by atoms with Gasteiger partial charge in [0, 0.05) is 0 Å². The first-order valence-corrected chi connectivity index (χ1v) is 6.77. The van der Waals surface area contributed by atoms with Crippen LogP contribution >= 0.6 is 0 Å². The Bertz CT molecular complexity index is 346. The van der Waals surface area contributed by atoms with E-state index in [1.807, 2.05) is 0 Å². The molecule has 17 heavy (non-hydrogen) atoms. The molecule has 0 N–H and O–H groups in total. The lowest BCUT2D eigenvalue weighted by atomic mass is 10.2.